The van der Waals surface area contributed by atoms with Crippen molar-refractivity contribution in [1.29, 1.82) is 0 Å². The molecule has 1 aromatic rings. The SMILES string of the molecule is CCN1CC2(COC)C3C(OC)C4C1C3([C@@H](OC)C[C@H]2O)[C@H]1C[C@@]2(O)[C@H](OC(=O)c3ccccc3)C1[C@]4(OC(C)=O)[C@@H](O)[C@@H]2OC. The molecule has 0 amide bonds. The number of ether oxygens (including phenoxy) is 6. The van der Waals surface area contributed by atoms with Gasteiger partial charge in [0, 0.05) is 83.0 Å². The fourth-order valence-electron chi connectivity index (χ4n) is 12.3. The Hall–Kier alpha value is -2.16. The van der Waals surface area contributed by atoms with Gasteiger partial charge in [0.2, 0.25) is 0 Å². The molecular formula is C34H47NO11. The molecule has 5 aliphatic carbocycles. The van der Waals surface area contributed by atoms with E-state index >= 15 is 0 Å². The summed E-state index contributed by atoms with van der Waals surface area (Å²) in [7, 11) is 6.27. The van der Waals surface area contributed by atoms with Crippen LogP contribution in [0, 0.1) is 34.5 Å². The van der Waals surface area contributed by atoms with E-state index in [1.807, 2.05) is 6.92 Å². The molecule has 12 heteroatoms. The molecule has 6 aliphatic rings. The van der Waals surface area contributed by atoms with Crippen LogP contribution in [-0.4, -0.2) is 134 Å². The standard InChI is InChI=1S/C34H47NO11/c1-7-35-15-31(16-41-3)20(37)13-21(42-4)33-19-14-32(40)28(45-30(39)18-11-9-8-10-12-18)22(19)34(46-17(2)36,27(38)29(32)44-6)23(26(33)35)24(43-5)25(31)33/h8-12,19-29,37-38,40H,7,13-16H2,1-6H3/t19-,20+,21-,22?,23?,24?,25?,26?,27-,28+,29-,31?,32+,33?,34+/m0/s1. The fourth-order valence-corrected chi connectivity index (χ4v) is 12.3. The second-order valence-electron chi connectivity index (χ2n) is 14.4. The zero-order valence-corrected chi connectivity index (χ0v) is 27.3. The molecule has 3 N–H and O–H groups in total. The van der Waals surface area contributed by atoms with Crippen LogP contribution in [0.4, 0.5) is 0 Å². The highest BCUT2D eigenvalue weighted by atomic mass is 16.6. The van der Waals surface area contributed by atoms with Crippen molar-refractivity contribution in [2.24, 2.45) is 34.5 Å². The molecule has 254 valence electrons. The predicted octanol–water partition coefficient (Wildman–Crippen LogP) is 0.648. The number of aliphatic hydroxyl groups excluding tert-OH is 2. The number of methoxy groups -OCH3 is 4. The molecular weight excluding hydrogens is 598 g/mol. The van der Waals surface area contributed by atoms with E-state index in [0.29, 0.717) is 25.1 Å². The monoisotopic (exact) mass is 645 g/mol. The Morgan fingerprint density at radius 1 is 1.00 bits per heavy atom. The molecule has 46 heavy (non-hydrogen) atoms. The summed E-state index contributed by atoms with van der Waals surface area (Å²) in [5, 5.41) is 37.3. The van der Waals surface area contributed by atoms with E-state index in [2.05, 4.69) is 4.90 Å². The third-order valence-electron chi connectivity index (χ3n) is 13.2. The number of rotatable bonds is 9. The van der Waals surface area contributed by atoms with Gasteiger partial charge >= 0.3 is 11.9 Å². The minimum absolute atomic E-state index is 0.0791. The van der Waals surface area contributed by atoms with E-state index in [-0.39, 0.29) is 25.0 Å². The number of benzene rings is 1. The van der Waals surface area contributed by atoms with E-state index in [1.165, 1.54) is 14.0 Å². The molecule has 1 spiro atoms. The maximum Gasteiger partial charge on any atom is 0.338 e. The lowest BCUT2D eigenvalue weighted by Gasteiger charge is -2.70. The van der Waals surface area contributed by atoms with Crippen LogP contribution in [0.5, 0.6) is 0 Å². The van der Waals surface area contributed by atoms with Crippen molar-refractivity contribution in [3.05, 3.63) is 35.9 Å². The Bertz CT molecular complexity index is 1360. The van der Waals surface area contributed by atoms with E-state index in [0.717, 1.165) is 0 Å². The number of hydrogen-bond donors (Lipinski definition) is 3. The van der Waals surface area contributed by atoms with Crippen molar-refractivity contribution in [2.45, 2.75) is 80.6 Å². The largest absolute Gasteiger partial charge is 0.455 e. The number of carbonyl (C=O) groups excluding carboxylic acids is 2. The fraction of sp³-hybridized carbons (Fsp3) is 0.765. The quantitative estimate of drug-likeness (QED) is 0.323. The lowest BCUT2D eigenvalue weighted by Crippen LogP contribution is -2.81. The smallest absolute Gasteiger partial charge is 0.338 e. The Morgan fingerprint density at radius 3 is 2.30 bits per heavy atom. The Morgan fingerprint density at radius 2 is 1.72 bits per heavy atom. The molecule has 15 atom stereocenters. The molecule has 5 saturated carbocycles. The first-order valence-electron chi connectivity index (χ1n) is 16.3. The normalized spacial score (nSPS) is 49.9. The van der Waals surface area contributed by atoms with E-state index in [1.54, 1.807) is 51.7 Å². The maximum atomic E-state index is 13.8. The molecule has 7 rings (SSSR count). The summed E-state index contributed by atoms with van der Waals surface area (Å²) >= 11 is 0. The summed E-state index contributed by atoms with van der Waals surface area (Å²) in [5.41, 5.74) is -4.79. The topological polar surface area (TPSA) is 153 Å². The Balaban J connectivity index is 1.53. The number of nitrogens with zero attached hydrogens (tertiary/aromatic N) is 1. The lowest BCUT2D eigenvalue weighted by atomic mass is 9.42. The maximum absolute atomic E-state index is 13.8. The van der Waals surface area contributed by atoms with Gasteiger partial charge in [-0.2, -0.15) is 0 Å². The van der Waals surface area contributed by atoms with Gasteiger partial charge in [-0.25, -0.2) is 4.79 Å². The summed E-state index contributed by atoms with van der Waals surface area (Å²) in [6, 6.07) is 8.18. The molecule has 0 radical (unpaired) electrons. The van der Waals surface area contributed by atoms with E-state index in [9.17, 15) is 24.9 Å². The molecule has 0 aromatic heterocycles. The van der Waals surface area contributed by atoms with Crippen LogP contribution in [0.3, 0.4) is 0 Å². The second kappa shape index (κ2) is 10.9. The number of esters is 2. The molecule has 7 bridgehead atoms. The van der Waals surface area contributed by atoms with Crippen LogP contribution in [0.25, 0.3) is 0 Å². The second-order valence-corrected chi connectivity index (χ2v) is 14.4. The molecule has 6 fully saturated rings. The van der Waals surface area contributed by atoms with Gasteiger partial charge in [0.25, 0.3) is 0 Å². The minimum Gasteiger partial charge on any atom is -0.455 e. The van der Waals surface area contributed by atoms with Crippen LogP contribution in [0.15, 0.2) is 30.3 Å². The average Bonchev–Trinajstić information content (AvgIpc) is 3.41. The Kier molecular flexibility index (Phi) is 7.69. The van der Waals surface area contributed by atoms with Gasteiger partial charge in [0.05, 0.1) is 30.5 Å². The summed E-state index contributed by atoms with van der Waals surface area (Å²) < 4.78 is 37.4. The van der Waals surface area contributed by atoms with Crippen LogP contribution in [-0.2, 0) is 33.2 Å². The van der Waals surface area contributed by atoms with Crippen LogP contribution >= 0.6 is 0 Å². The number of fused-ring (bicyclic) bond motifs is 2. The van der Waals surface area contributed by atoms with Crippen LogP contribution < -0.4 is 0 Å². The first-order chi connectivity index (χ1) is 22.0. The minimum atomic E-state index is -1.83. The first kappa shape index (κ1) is 32.4. The van der Waals surface area contributed by atoms with Gasteiger partial charge in [-0.05, 0) is 31.0 Å². The van der Waals surface area contributed by atoms with Crippen molar-refractivity contribution < 1.29 is 53.3 Å². The molecule has 1 aromatic carbocycles. The summed E-state index contributed by atoms with van der Waals surface area (Å²) in [4.78, 5) is 29.3. The van der Waals surface area contributed by atoms with Gasteiger partial charge in [0.15, 0.2) is 5.60 Å². The van der Waals surface area contributed by atoms with E-state index in [4.69, 9.17) is 28.4 Å². The van der Waals surface area contributed by atoms with Gasteiger partial charge in [-0.3, -0.25) is 9.69 Å². The Labute approximate surface area is 269 Å². The average molecular weight is 646 g/mol. The van der Waals surface area contributed by atoms with Crippen molar-refractivity contribution in [3.8, 4) is 0 Å². The number of likely N-dealkylation sites (tertiary alicyclic amines) is 1. The summed E-state index contributed by atoms with van der Waals surface area (Å²) in [6.07, 6.45) is -5.49. The third-order valence-corrected chi connectivity index (χ3v) is 13.2. The lowest BCUT2D eigenvalue weighted by molar-refractivity contribution is -0.322. The van der Waals surface area contributed by atoms with Gasteiger partial charge < -0.3 is 43.7 Å². The highest BCUT2D eigenvalue weighted by Gasteiger charge is 2.92. The van der Waals surface area contributed by atoms with Crippen LogP contribution in [0.1, 0.15) is 37.0 Å². The number of hydrogen-bond acceptors (Lipinski definition) is 12. The van der Waals surface area contributed by atoms with Crippen LogP contribution in [0.2, 0.25) is 0 Å². The highest BCUT2D eigenvalue weighted by molar-refractivity contribution is 5.89. The summed E-state index contributed by atoms with van der Waals surface area (Å²) in [5.74, 6) is -3.65. The van der Waals surface area contributed by atoms with Gasteiger partial charge in [0.1, 0.15) is 23.9 Å². The molecule has 7 unspecified atom stereocenters. The molecule has 12 nitrogen and oxygen atoms in total. The van der Waals surface area contributed by atoms with Gasteiger partial charge in [-0.1, -0.05) is 25.1 Å². The summed E-state index contributed by atoms with van der Waals surface area (Å²) in [6.45, 7) is 4.68. The van der Waals surface area contributed by atoms with Crippen molar-refractivity contribution in [2.75, 3.05) is 48.1 Å². The first-order valence-corrected chi connectivity index (χ1v) is 16.3. The number of aliphatic hydroxyl groups is 3. The number of carbonyl (C=O) groups is 2. The predicted molar refractivity (Wildman–Crippen MR) is 160 cm³/mol. The third kappa shape index (κ3) is 3.62. The molecule has 1 aliphatic heterocycles. The molecule has 1 saturated heterocycles. The van der Waals surface area contributed by atoms with Crippen molar-refractivity contribution in [1.82, 2.24) is 4.90 Å². The van der Waals surface area contributed by atoms with E-state index < -0.39 is 88.3 Å². The highest BCUT2D eigenvalue weighted by Crippen LogP contribution is 2.80. The molecule has 1 heterocycles. The van der Waals surface area contributed by atoms with Gasteiger partial charge in [-0.15, -0.1) is 0 Å². The zero-order chi connectivity index (χ0) is 33.0. The van der Waals surface area contributed by atoms with Crippen molar-refractivity contribution >= 4 is 11.9 Å². The zero-order valence-electron chi connectivity index (χ0n) is 27.3. The number of piperidine rings is 1. The van der Waals surface area contributed by atoms with Crippen molar-refractivity contribution in [3.63, 3.8) is 0 Å².